The predicted molar refractivity (Wildman–Crippen MR) is 75.3 cm³/mol. The maximum Gasteiger partial charge on any atom is 0.221 e. The van der Waals surface area contributed by atoms with Crippen LogP contribution in [0.25, 0.3) is 0 Å². The van der Waals surface area contributed by atoms with E-state index < -0.39 is 0 Å². The van der Waals surface area contributed by atoms with Crippen molar-refractivity contribution in [2.24, 2.45) is 11.1 Å². The zero-order chi connectivity index (χ0) is 13.8. The molecule has 1 unspecified atom stereocenters. The Bertz CT molecular complexity index is 265. The fourth-order valence-electron chi connectivity index (χ4n) is 2.19. The summed E-state index contributed by atoms with van der Waals surface area (Å²) in [6.07, 6.45) is 2.55. The summed E-state index contributed by atoms with van der Waals surface area (Å²) in [4.78, 5) is 14.3. The molecule has 0 aromatic heterocycles. The molecule has 3 N–H and O–H groups in total. The van der Waals surface area contributed by atoms with Gasteiger partial charge in [-0.3, -0.25) is 4.79 Å². The molecule has 0 spiro atoms. The SMILES string of the molecule is CCN1CCC(NC(=O)CC(N)C(C)(C)C)CC1. The summed E-state index contributed by atoms with van der Waals surface area (Å²) in [6.45, 7) is 11.7. The number of rotatable bonds is 4. The van der Waals surface area contributed by atoms with Crippen molar-refractivity contribution in [2.45, 2.75) is 59.0 Å². The van der Waals surface area contributed by atoms with Crippen LogP contribution in [-0.4, -0.2) is 42.5 Å². The van der Waals surface area contributed by atoms with E-state index >= 15 is 0 Å². The number of carbonyl (C=O) groups is 1. The Labute approximate surface area is 111 Å². The van der Waals surface area contributed by atoms with E-state index in [1.165, 1.54) is 0 Å². The van der Waals surface area contributed by atoms with Gasteiger partial charge in [0.15, 0.2) is 0 Å². The summed E-state index contributed by atoms with van der Waals surface area (Å²) in [5.74, 6) is 0.104. The van der Waals surface area contributed by atoms with Gasteiger partial charge in [-0.25, -0.2) is 0 Å². The summed E-state index contributed by atoms with van der Waals surface area (Å²) in [7, 11) is 0. The molecule has 106 valence electrons. The molecule has 0 aromatic carbocycles. The second kappa shape index (κ2) is 6.53. The molecule has 1 heterocycles. The highest BCUT2D eigenvalue weighted by Crippen LogP contribution is 2.19. The number of amides is 1. The van der Waals surface area contributed by atoms with Crippen molar-refractivity contribution in [3.63, 3.8) is 0 Å². The molecule has 18 heavy (non-hydrogen) atoms. The number of nitrogens with two attached hydrogens (primary N) is 1. The second-order valence-corrected chi connectivity index (χ2v) is 6.45. The summed E-state index contributed by atoms with van der Waals surface area (Å²) in [5.41, 5.74) is 6.02. The van der Waals surface area contributed by atoms with Crippen molar-refractivity contribution in [3.05, 3.63) is 0 Å². The molecule has 1 atom stereocenters. The largest absolute Gasteiger partial charge is 0.353 e. The van der Waals surface area contributed by atoms with Crippen LogP contribution >= 0.6 is 0 Å². The Kier molecular flexibility index (Phi) is 5.60. The molecule has 1 amide bonds. The summed E-state index contributed by atoms with van der Waals surface area (Å²) >= 11 is 0. The van der Waals surface area contributed by atoms with Gasteiger partial charge >= 0.3 is 0 Å². The minimum Gasteiger partial charge on any atom is -0.353 e. The molecule has 0 bridgehead atoms. The third kappa shape index (κ3) is 4.94. The maximum atomic E-state index is 11.9. The first-order valence-electron chi connectivity index (χ1n) is 7.10. The van der Waals surface area contributed by atoms with Crippen LogP contribution in [0, 0.1) is 5.41 Å². The number of hydrogen-bond acceptors (Lipinski definition) is 3. The van der Waals surface area contributed by atoms with Gasteiger partial charge in [-0.2, -0.15) is 0 Å². The summed E-state index contributed by atoms with van der Waals surface area (Å²) in [6, 6.07) is 0.265. The van der Waals surface area contributed by atoms with Gasteiger partial charge in [-0.1, -0.05) is 27.7 Å². The standard InChI is InChI=1S/C14H29N3O/c1-5-17-8-6-11(7-9-17)16-13(18)10-12(15)14(2,3)4/h11-12H,5-10,15H2,1-4H3,(H,16,18). The Morgan fingerprint density at radius 3 is 2.39 bits per heavy atom. The zero-order valence-corrected chi connectivity index (χ0v) is 12.3. The van der Waals surface area contributed by atoms with Crippen LogP contribution in [0.4, 0.5) is 0 Å². The number of hydrogen-bond donors (Lipinski definition) is 2. The van der Waals surface area contributed by atoms with E-state index in [-0.39, 0.29) is 17.4 Å². The normalized spacial score (nSPS) is 20.7. The van der Waals surface area contributed by atoms with Crippen LogP contribution in [0.1, 0.15) is 47.0 Å². The average Bonchev–Trinajstić information content (AvgIpc) is 2.28. The molecule has 0 saturated carbocycles. The van der Waals surface area contributed by atoms with Crippen molar-refractivity contribution in [1.29, 1.82) is 0 Å². The highest BCUT2D eigenvalue weighted by molar-refractivity contribution is 5.77. The topological polar surface area (TPSA) is 58.4 Å². The molecule has 0 aliphatic carbocycles. The zero-order valence-electron chi connectivity index (χ0n) is 12.3. The Hall–Kier alpha value is -0.610. The number of carbonyl (C=O) groups excluding carboxylic acids is 1. The second-order valence-electron chi connectivity index (χ2n) is 6.45. The predicted octanol–water partition coefficient (Wildman–Crippen LogP) is 1.35. The molecule has 1 saturated heterocycles. The van der Waals surface area contributed by atoms with Gasteiger partial charge in [-0.05, 0) is 24.8 Å². The lowest BCUT2D eigenvalue weighted by Gasteiger charge is -2.32. The van der Waals surface area contributed by atoms with E-state index in [2.05, 4.69) is 37.9 Å². The molecule has 4 nitrogen and oxygen atoms in total. The Morgan fingerprint density at radius 1 is 1.39 bits per heavy atom. The van der Waals surface area contributed by atoms with Crippen molar-refractivity contribution < 1.29 is 4.79 Å². The number of nitrogens with one attached hydrogen (secondary N) is 1. The average molecular weight is 255 g/mol. The third-order valence-corrected chi connectivity index (χ3v) is 3.92. The van der Waals surface area contributed by atoms with Gasteiger partial charge in [0.1, 0.15) is 0 Å². The summed E-state index contributed by atoms with van der Waals surface area (Å²) in [5, 5.41) is 3.12. The Balaban J connectivity index is 2.29. The lowest BCUT2D eigenvalue weighted by Crippen LogP contribution is -2.47. The van der Waals surface area contributed by atoms with Crippen LogP contribution < -0.4 is 11.1 Å². The van der Waals surface area contributed by atoms with Crippen molar-refractivity contribution >= 4 is 5.91 Å². The molecule has 1 aliphatic rings. The van der Waals surface area contributed by atoms with E-state index in [1.807, 2.05) is 0 Å². The van der Waals surface area contributed by atoms with Crippen LogP contribution in [0.2, 0.25) is 0 Å². The van der Waals surface area contributed by atoms with E-state index in [4.69, 9.17) is 5.73 Å². The van der Waals surface area contributed by atoms with Gasteiger partial charge in [0.2, 0.25) is 5.91 Å². The third-order valence-electron chi connectivity index (χ3n) is 3.92. The first-order chi connectivity index (χ1) is 8.32. The highest BCUT2D eigenvalue weighted by Gasteiger charge is 2.25. The van der Waals surface area contributed by atoms with Crippen LogP contribution in [0.5, 0.6) is 0 Å². The van der Waals surface area contributed by atoms with E-state index in [1.54, 1.807) is 0 Å². The molecular weight excluding hydrogens is 226 g/mol. The molecule has 1 fully saturated rings. The van der Waals surface area contributed by atoms with Crippen molar-refractivity contribution in [1.82, 2.24) is 10.2 Å². The molecule has 1 rings (SSSR count). The van der Waals surface area contributed by atoms with E-state index in [0.717, 1.165) is 32.5 Å². The molecule has 0 radical (unpaired) electrons. The highest BCUT2D eigenvalue weighted by atomic mass is 16.1. The van der Waals surface area contributed by atoms with Gasteiger partial charge in [0.25, 0.3) is 0 Å². The number of nitrogens with zero attached hydrogens (tertiary/aromatic N) is 1. The number of piperidine rings is 1. The first-order valence-corrected chi connectivity index (χ1v) is 7.10. The van der Waals surface area contributed by atoms with Gasteiger partial charge in [0.05, 0.1) is 0 Å². The van der Waals surface area contributed by atoms with Crippen LogP contribution in [-0.2, 0) is 4.79 Å². The van der Waals surface area contributed by atoms with Crippen molar-refractivity contribution in [3.8, 4) is 0 Å². The molecular formula is C14H29N3O. The van der Waals surface area contributed by atoms with Crippen molar-refractivity contribution in [2.75, 3.05) is 19.6 Å². The summed E-state index contributed by atoms with van der Waals surface area (Å²) < 4.78 is 0. The van der Waals surface area contributed by atoms with E-state index in [9.17, 15) is 4.79 Å². The minimum absolute atomic E-state index is 0.0110. The monoisotopic (exact) mass is 255 g/mol. The molecule has 4 heteroatoms. The number of likely N-dealkylation sites (tertiary alicyclic amines) is 1. The fraction of sp³-hybridized carbons (Fsp3) is 0.929. The van der Waals surface area contributed by atoms with Gasteiger partial charge in [-0.15, -0.1) is 0 Å². The maximum absolute atomic E-state index is 11.9. The van der Waals surface area contributed by atoms with Crippen LogP contribution in [0.3, 0.4) is 0 Å². The van der Waals surface area contributed by atoms with E-state index in [0.29, 0.717) is 12.5 Å². The Morgan fingerprint density at radius 2 is 1.94 bits per heavy atom. The lowest BCUT2D eigenvalue weighted by atomic mass is 9.85. The van der Waals surface area contributed by atoms with Crippen LogP contribution in [0.15, 0.2) is 0 Å². The van der Waals surface area contributed by atoms with Gasteiger partial charge in [0, 0.05) is 31.6 Å². The van der Waals surface area contributed by atoms with Gasteiger partial charge < -0.3 is 16.0 Å². The smallest absolute Gasteiger partial charge is 0.221 e. The molecule has 1 aliphatic heterocycles. The lowest BCUT2D eigenvalue weighted by molar-refractivity contribution is -0.123. The quantitative estimate of drug-likeness (QED) is 0.797. The fourth-order valence-corrected chi connectivity index (χ4v) is 2.19. The first kappa shape index (κ1) is 15.4. The molecule has 0 aromatic rings. The minimum atomic E-state index is -0.0757.